The van der Waals surface area contributed by atoms with Crippen molar-refractivity contribution in [1.29, 1.82) is 0 Å². The third-order valence-corrected chi connectivity index (χ3v) is 3.60. The van der Waals surface area contributed by atoms with Crippen molar-refractivity contribution in [2.45, 2.75) is 0 Å². The summed E-state index contributed by atoms with van der Waals surface area (Å²) in [5.41, 5.74) is 1.96. The molecule has 0 aliphatic rings. The Morgan fingerprint density at radius 2 is 2.00 bits per heavy atom. The maximum absolute atomic E-state index is 11.2. The van der Waals surface area contributed by atoms with Crippen molar-refractivity contribution in [3.63, 3.8) is 0 Å². The summed E-state index contributed by atoms with van der Waals surface area (Å²) >= 11 is 1.44. The monoisotopic (exact) mass is 255 g/mol. The minimum atomic E-state index is -0.908. The molecule has 2 aromatic carbocycles. The number of carbonyl (C=O) groups is 1. The number of fused-ring (bicyclic) bond motifs is 1. The molecule has 3 rings (SSSR count). The maximum atomic E-state index is 11.2. The van der Waals surface area contributed by atoms with Crippen LogP contribution >= 0.6 is 11.5 Å². The van der Waals surface area contributed by atoms with Gasteiger partial charge in [0.15, 0.2) is 0 Å². The largest absolute Gasteiger partial charge is 0.478 e. The van der Waals surface area contributed by atoms with Gasteiger partial charge in [0.1, 0.15) is 0 Å². The molecule has 0 saturated carbocycles. The fraction of sp³-hybridized carbons (Fsp3) is 0. The van der Waals surface area contributed by atoms with E-state index in [1.165, 1.54) is 11.5 Å². The highest BCUT2D eigenvalue weighted by molar-refractivity contribution is 7.13. The van der Waals surface area contributed by atoms with Gasteiger partial charge in [-0.3, -0.25) is 0 Å². The smallest absolute Gasteiger partial charge is 0.336 e. The standard InChI is InChI=1S/C14H9NO2S/c16-14(17)12-4-2-1-3-11(12)9-5-6-13-10(7-9)8-15-18-13/h1-8H,(H,16,17). The molecule has 0 bridgehead atoms. The van der Waals surface area contributed by atoms with Gasteiger partial charge in [-0.25, -0.2) is 4.79 Å². The molecule has 3 aromatic rings. The number of carboxylic acids is 1. The molecule has 18 heavy (non-hydrogen) atoms. The van der Waals surface area contributed by atoms with Crippen molar-refractivity contribution < 1.29 is 9.90 Å². The average Bonchev–Trinajstić information content (AvgIpc) is 2.85. The van der Waals surface area contributed by atoms with Crippen LogP contribution in [0.4, 0.5) is 0 Å². The minimum Gasteiger partial charge on any atom is -0.478 e. The van der Waals surface area contributed by atoms with Crippen molar-refractivity contribution in [3.05, 3.63) is 54.2 Å². The predicted octanol–water partition coefficient (Wildman–Crippen LogP) is 3.66. The summed E-state index contributed by atoms with van der Waals surface area (Å²) in [5.74, 6) is -0.908. The lowest BCUT2D eigenvalue weighted by Gasteiger charge is -2.05. The molecule has 0 atom stereocenters. The Labute approximate surface area is 107 Å². The van der Waals surface area contributed by atoms with E-state index in [1.807, 2.05) is 30.3 Å². The van der Waals surface area contributed by atoms with E-state index in [1.54, 1.807) is 18.3 Å². The molecule has 0 aliphatic carbocycles. The first-order valence-electron chi connectivity index (χ1n) is 5.43. The number of benzene rings is 2. The Balaban J connectivity index is 2.22. The van der Waals surface area contributed by atoms with Crippen molar-refractivity contribution in [2.75, 3.05) is 0 Å². The Morgan fingerprint density at radius 1 is 1.17 bits per heavy atom. The molecule has 4 heteroatoms. The molecular formula is C14H9NO2S. The number of rotatable bonds is 2. The van der Waals surface area contributed by atoms with Gasteiger partial charge in [0.2, 0.25) is 0 Å². The zero-order chi connectivity index (χ0) is 12.5. The van der Waals surface area contributed by atoms with Gasteiger partial charge in [0.25, 0.3) is 0 Å². The molecule has 88 valence electrons. The Bertz CT molecular complexity index is 733. The van der Waals surface area contributed by atoms with Crippen LogP contribution in [-0.4, -0.2) is 15.4 Å². The van der Waals surface area contributed by atoms with E-state index in [4.69, 9.17) is 0 Å². The van der Waals surface area contributed by atoms with Crippen LogP contribution in [0.5, 0.6) is 0 Å². The van der Waals surface area contributed by atoms with Gasteiger partial charge in [-0.05, 0) is 40.9 Å². The molecule has 0 spiro atoms. The van der Waals surface area contributed by atoms with Crippen LogP contribution in [0, 0.1) is 0 Å². The van der Waals surface area contributed by atoms with Crippen LogP contribution in [0.15, 0.2) is 48.7 Å². The van der Waals surface area contributed by atoms with Crippen molar-refractivity contribution >= 4 is 27.6 Å². The van der Waals surface area contributed by atoms with Gasteiger partial charge >= 0.3 is 5.97 Å². The first-order chi connectivity index (χ1) is 8.75. The highest BCUT2D eigenvalue weighted by Crippen LogP contribution is 2.28. The Hall–Kier alpha value is -2.20. The molecule has 0 aliphatic heterocycles. The molecule has 0 amide bonds. The fourth-order valence-corrected chi connectivity index (χ4v) is 2.59. The number of nitrogens with zero attached hydrogens (tertiary/aromatic N) is 1. The summed E-state index contributed by atoms with van der Waals surface area (Å²) in [7, 11) is 0. The molecule has 3 nitrogen and oxygen atoms in total. The van der Waals surface area contributed by atoms with E-state index in [2.05, 4.69) is 4.37 Å². The Morgan fingerprint density at radius 3 is 2.83 bits per heavy atom. The van der Waals surface area contributed by atoms with Crippen molar-refractivity contribution in [2.24, 2.45) is 0 Å². The topological polar surface area (TPSA) is 50.2 Å². The highest BCUT2D eigenvalue weighted by atomic mass is 32.1. The Kier molecular flexibility index (Phi) is 2.57. The number of carboxylic acid groups (broad SMARTS) is 1. The van der Waals surface area contributed by atoms with Crippen LogP contribution in [0.25, 0.3) is 21.2 Å². The van der Waals surface area contributed by atoms with Crippen molar-refractivity contribution in [3.8, 4) is 11.1 Å². The average molecular weight is 255 g/mol. The summed E-state index contributed by atoms with van der Waals surface area (Å²) in [6, 6.07) is 12.9. The third-order valence-electron chi connectivity index (χ3n) is 2.82. The van der Waals surface area contributed by atoms with Crippen LogP contribution < -0.4 is 0 Å². The van der Waals surface area contributed by atoms with E-state index in [0.717, 1.165) is 21.2 Å². The fourth-order valence-electron chi connectivity index (χ4n) is 1.96. The quantitative estimate of drug-likeness (QED) is 0.760. The van der Waals surface area contributed by atoms with Crippen LogP contribution in [0.3, 0.4) is 0 Å². The van der Waals surface area contributed by atoms with E-state index in [-0.39, 0.29) is 0 Å². The molecule has 1 aromatic heterocycles. The van der Waals surface area contributed by atoms with E-state index in [9.17, 15) is 9.90 Å². The van der Waals surface area contributed by atoms with E-state index < -0.39 is 5.97 Å². The zero-order valence-electron chi connectivity index (χ0n) is 9.33. The lowest BCUT2D eigenvalue weighted by molar-refractivity contribution is 0.0697. The van der Waals surface area contributed by atoms with Gasteiger partial charge in [0.05, 0.1) is 10.3 Å². The summed E-state index contributed by atoms with van der Waals surface area (Å²) in [5, 5.41) is 10.2. The molecule has 0 fully saturated rings. The molecule has 0 radical (unpaired) electrons. The maximum Gasteiger partial charge on any atom is 0.336 e. The lowest BCUT2D eigenvalue weighted by atomic mass is 9.99. The van der Waals surface area contributed by atoms with Gasteiger partial charge in [0, 0.05) is 11.6 Å². The van der Waals surface area contributed by atoms with Gasteiger partial charge in [-0.1, -0.05) is 24.3 Å². The van der Waals surface area contributed by atoms with Gasteiger partial charge in [-0.15, -0.1) is 0 Å². The second-order valence-corrected chi connectivity index (χ2v) is 4.76. The summed E-state index contributed by atoms with van der Waals surface area (Å²) < 4.78 is 5.22. The molecule has 1 heterocycles. The third kappa shape index (κ3) is 1.76. The molecule has 1 N–H and O–H groups in total. The van der Waals surface area contributed by atoms with Crippen molar-refractivity contribution in [1.82, 2.24) is 4.37 Å². The number of aromatic carboxylic acids is 1. The van der Waals surface area contributed by atoms with Gasteiger partial charge < -0.3 is 5.11 Å². The first-order valence-corrected chi connectivity index (χ1v) is 6.20. The second kappa shape index (κ2) is 4.23. The number of hydrogen-bond donors (Lipinski definition) is 1. The van der Waals surface area contributed by atoms with Crippen LogP contribution in [0.2, 0.25) is 0 Å². The summed E-state index contributed by atoms with van der Waals surface area (Å²) in [6.45, 7) is 0. The highest BCUT2D eigenvalue weighted by Gasteiger charge is 2.11. The summed E-state index contributed by atoms with van der Waals surface area (Å²) in [4.78, 5) is 11.2. The minimum absolute atomic E-state index is 0.319. The lowest BCUT2D eigenvalue weighted by Crippen LogP contribution is -1.98. The normalized spacial score (nSPS) is 10.7. The number of hydrogen-bond acceptors (Lipinski definition) is 3. The van der Waals surface area contributed by atoms with Crippen LogP contribution in [0.1, 0.15) is 10.4 Å². The van der Waals surface area contributed by atoms with Crippen LogP contribution in [-0.2, 0) is 0 Å². The molecular weight excluding hydrogens is 246 g/mol. The SMILES string of the molecule is O=C(O)c1ccccc1-c1ccc2sncc2c1. The van der Waals surface area contributed by atoms with Gasteiger partial charge in [-0.2, -0.15) is 4.37 Å². The predicted molar refractivity (Wildman–Crippen MR) is 72.0 cm³/mol. The molecule has 0 unspecified atom stereocenters. The van der Waals surface area contributed by atoms with E-state index >= 15 is 0 Å². The zero-order valence-corrected chi connectivity index (χ0v) is 10.1. The first kappa shape index (κ1) is 10.9. The molecule has 0 saturated heterocycles. The van der Waals surface area contributed by atoms with E-state index in [0.29, 0.717) is 5.56 Å². The number of aromatic nitrogens is 1. The summed E-state index contributed by atoms with van der Waals surface area (Å²) in [6.07, 6.45) is 1.80. The second-order valence-electron chi connectivity index (χ2n) is 3.93.